The summed E-state index contributed by atoms with van der Waals surface area (Å²) in [5.41, 5.74) is 6.72. The molecule has 0 bridgehead atoms. The zero-order chi connectivity index (χ0) is 12.1. The molecule has 1 aromatic heterocycles. The molecule has 1 atom stereocenters. The normalized spacial score (nSPS) is 12.1. The van der Waals surface area contributed by atoms with E-state index >= 15 is 0 Å². The lowest BCUT2D eigenvalue weighted by Crippen LogP contribution is -2.19. The van der Waals surface area contributed by atoms with E-state index in [4.69, 9.17) is 10.5 Å². The van der Waals surface area contributed by atoms with E-state index in [-0.39, 0.29) is 11.8 Å². The van der Waals surface area contributed by atoms with Crippen molar-refractivity contribution in [1.29, 1.82) is 0 Å². The van der Waals surface area contributed by atoms with Crippen LogP contribution in [0.2, 0.25) is 0 Å². The summed E-state index contributed by atoms with van der Waals surface area (Å²) in [5, 5.41) is 9.27. The average Bonchev–Trinajstić information content (AvgIpc) is 2.37. The lowest BCUT2D eigenvalue weighted by atomic mass is 10.2. The Balaban J connectivity index is 1.95. The maximum atomic E-state index is 9.27. The highest BCUT2D eigenvalue weighted by Gasteiger charge is 2.07. The first kappa shape index (κ1) is 11.4. The number of benzene rings is 1. The molecule has 3 N–H and O–H groups in total. The van der Waals surface area contributed by atoms with Crippen molar-refractivity contribution in [2.24, 2.45) is 5.73 Å². The molecule has 0 aliphatic rings. The third-order valence-corrected chi connectivity index (χ3v) is 2.31. The summed E-state index contributed by atoms with van der Waals surface area (Å²) in [4.78, 5) is 4.15. The van der Waals surface area contributed by atoms with Crippen molar-refractivity contribution in [3.05, 3.63) is 54.4 Å². The Hall–Kier alpha value is -2.07. The van der Waals surface area contributed by atoms with Crippen molar-refractivity contribution >= 4 is 0 Å². The number of aromatic nitrogens is 1. The van der Waals surface area contributed by atoms with E-state index < -0.39 is 0 Å². The van der Waals surface area contributed by atoms with Gasteiger partial charge in [-0.15, -0.1) is 0 Å². The molecule has 0 spiro atoms. The summed E-state index contributed by atoms with van der Waals surface area (Å²) in [5.74, 6) is 0.769. The molecule has 0 saturated heterocycles. The van der Waals surface area contributed by atoms with E-state index in [9.17, 15) is 5.11 Å². The molecule has 4 heteroatoms. The number of hydrogen-bond acceptors (Lipinski definition) is 4. The van der Waals surface area contributed by atoms with Gasteiger partial charge in [-0.1, -0.05) is 12.1 Å². The van der Waals surface area contributed by atoms with Gasteiger partial charge >= 0.3 is 0 Å². The lowest BCUT2D eigenvalue weighted by Gasteiger charge is -2.12. The zero-order valence-corrected chi connectivity index (χ0v) is 9.28. The van der Waals surface area contributed by atoms with E-state index in [0.29, 0.717) is 12.4 Å². The number of nitrogens with two attached hydrogens (primary N) is 1. The number of aromatic hydroxyl groups is 1. The molecule has 0 amide bonds. The molecule has 4 nitrogen and oxygen atoms in total. The van der Waals surface area contributed by atoms with Gasteiger partial charge in [0.05, 0.1) is 11.7 Å². The Kier molecular flexibility index (Phi) is 3.57. The fourth-order valence-corrected chi connectivity index (χ4v) is 1.44. The third-order valence-electron chi connectivity index (χ3n) is 2.31. The standard InChI is InChI=1S/C13H14N2O2/c14-12(13-6-1-2-7-15-13)9-17-11-5-3-4-10(16)8-11/h1-8,12,16H,9,14H2. The van der Waals surface area contributed by atoms with Gasteiger partial charge in [-0.3, -0.25) is 4.98 Å². The van der Waals surface area contributed by atoms with E-state index in [1.807, 2.05) is 18.2 Å². The van der Waals surface area contributed by atoms with Crippen LogP contribution in [0, 0.1) is 0 Å². The van der Waals surface area contributed by atoms with Crippen LogP contribution < -0.4 is 10.5 Å². The van der Waals surface area contributed by atoms with Crippen molar-refractivity contribution in [3.8, 4) is 11.5 Å². The second kappa shape index (κ2) is 5.32. The van der Waals surface area contributed by atoms with Crippen LogP contribution in [0.5, 0.6) is 11.5 Å². The van der Waals surface area contributed by atoms with Gasteiger partial charge in [0.15, 0.2) is 0 Å². The molecule has 1 heterocycles. The molecule has 0 aliphatic heterocycles. The van der Waals surface area contributed by atoms with Crippen LogP contribution in [0.15, 0.2) is 48.7 Å². The topological polar surface area (TPSA) is 68.4 Å². The van der Waals surface area contributed by atoms with Gasteiger partial charge in [0.25, 0.3) is 0 Å². The Bertz CT molecular complexity index is 474. The van der Waals surface area contributed by atoms with Crippen LogP contribution in [0.4, 0.5) is 0 Å². The quantitative estimate of drug-likeness (QED) is 0.841. The zero-order valence-electron chi connectivity index (χ0n) is 9.28. The van der Waals surface area contributed by atoms with Gasteiger partial charge in [-0.05, 0) is 24.3 Å². The van der Waals surface area contributed by atoms with Gasteiger partial charge < -0.3 is 15.6 Å². The molecule has 88 valence electrons. The lowest BCUT2D eigenvalue weighted by molar-refractivity contribution is 0.287. The molecule has 2 rings (SSSR count). The Morgan fingerprint density at radius 1 is 1.24 bits per heavy atom. The summed E-state index contributed by atoms with van der Waals surface area (Å²) in [7, 11) is 0. The highest BCUT2D eigenvalue weighted by Crippen LogP contribution is 2.18. The summed E-state index contributed by atoms with van der Waals surface area (Å²) < 4.78 is 5.48. The molecule has 0 radical (unpaired) electrons. The Morgan fingerprint density at radius 2 is 2.12 bits per heavy atom. The molecule has 0 saturated carbocycles. The molecule has 0 aliphatic carbocycles. The second-order valence-electron chi connectivity index (χ2n) is 3.67. The van der Waals surface area contributed by atoms with E-state index in [1.54, 1.807) is 30.5 Å². The van der Waals surface area contributed by atoms with Crippen molar-refractivity contribution in [2.75, 3.05) is 6.61 Å². The minimum Gasteiger partial charge on any atom is -0.508 e. The van der Waals surface area contributed by atoms with Crippen molar-refractivity contribution in [1.82, 2.24) is 4.98 Å². The maximum absolute atomic E-state index is 9.27. The fourth-order valence-electron chi connectivity index (χ4n) is 1.44. The van der Waals surface area contributed by atoms with Crippen LogP contribution in [-0.2, 0) is 0 Å². The van der Waals surface area contributed by atoms with Crippen molar-refractivity contribution in [3.63, 3.8) is 0 Å². The first-order chi connectivity index (χ1) is 8.25. The number of hydrogen-bond donors (Lipinski definition) is 2. The fraction of sp³-hybridized carbons (Fsp3) is 0.154. The Morgan fingerprint density at radius 3 is 2.82 bits per heavy atom. The van der Waals surface area contributed by atoms with E-state index in [1.165, 1.54) is 0 Å². The predicted octanol–water partition coefficient (Wildman–Crippen LogP) is 1.87. The highest BCUT2D eigenvalue weighted by atomic mass is 16.5. The van der Waals surface area contributed by atoms with Crippen molar-refractivity contribution in [2.45, 2.75) is 6.04 Å². The number of ether oxygens (including phenoxy) is 1. The molecular weight excluding hydrogens is 216 g/mol. The number of rotatable bonds is 4. The smallest absolute Gasteiger partial charge is 0.123 e. The summed E-state index contributed by atoms with van der Waals surface area (Å²) >= 11 is 0. The van der Waals surface area contributed by atoms with Crippen LogP contribution in [0.3, 0.4) is 0 Å². The van der Waals surface area contributed by atoms with Crippen LogP contribution in [0.25, 0.3) is 0 Å². The molecule has 0 fully saturated rings. The maximum Gasteiger partial charge on any atom is 0.123 e. The summed E-state index contributed by atoms with van der Waals surface area (Å²) in [6, 6.07) is 11.9. The highest BCUT2D eigenvalue weighted by molar-refractivity contribution is 5.31. The first-order valence-corrected chi connectivity index (χ1v) is 5.34. The summed E-state index contributed by atoms with van der Waals surface area (Å²) in [6.07, 6.45) is 1.70. The summed E-state index contributed by atoms with van der Waals surface area (Å²) in [6.45, 7) is 0.320. The third kappa shape index (κ3) is 3.19. The van der Waals surface area contributed by atoms with Gasteiger partial charge in [-0.2, -0.15) is 0 Å². The monoisotopic (exact) mass is 230 g/mol. The number of pyridine rings is 1. The van der Waals surface area contributed by atoms with Gasteiger partial charge in [0.2, 0.25) is 0 Å². The molecule has 1 unspecified atom stereocenters. The molecule has 1 aromatic carbocycles. The molecule has 17 heavy (non-hydrogen) atoms. The van der Waals surface area contributed by atoms with Crippen LogP contribution in [-0.4, -0.2) is 16.7 Å². The molecular formula is C13H14N2O2. The predicted molar refractivity (Wildman–Crippen MR) is 64.8 cm³/mol. The van der Waals surface area contributed by atoms with Crippen LogP contribution in [0.1, 0.15) is 11.7 Å². The number of phenolic OH excluding ortho intramolecular Hbond substituents is 1. The minimum absolute atomic E-state index is 0.175. The number of phenols is 1. The largest absolute Gasteiger partial charge is 0.508 e. The first-order valence-electron chi connectivity index (χ1n) is 5.34. The van der Waals surface area contributed by atoms with Gasteiger partial charge in [-0.25, -0.2) is 0 Å². The SMILES string of the molecule is NC(COc1cccc(O)c1)c1ccccn1. The molecule has 2 aromatic rings. The minimum atomic E-state index is -0.279. The van der Waals surface area contributed by atoms with E-state index in [2.05, 4.69) is 4.98 Å². The number of nitrogens with zero attached hydrogens (tertiary/aromatic N) is 1. The van der Waals surface area contributed by atoms with E-state index in [0.717, 1.165) is 5.69 Å². The van der Waals surface area contributed by atoms with Crippen molar-refractivity contribution < 1.29 is 9.84 Å². The average molecular weight is 230 g/mol. The Labute approximate surface area is 99.7 Å². The van der Waals surface area contributed by atoms with Gasteiger partial charge in [0.1, 0.15) is 18.1 Å². The van der Waals surface area contributed by atoms with Gasteiger partial charge in [0, 0.05) is 12.3 Å². The second-order valence-corrected chi connectivity index (χ2v) is 3.67. The van der Waals surface area contributed by atoms with Crippen LogP contribution >= 0.6 is 0 Å².